The zero-order valence-corrected chi connectivity index (χ0v) is 7.38. The second-order valence-electron chi connectivity index (χ2n) is 2.94. The number of hydrogen-bond acceptors (Lipinski definition) is 3. The molecular weight excluding hydrogens is 154 g/mol. The monoisotopic (exact) mass is 169 g/mol. The SMILES string of the molecule is C=C[C@H]1CN[C@@H](C(=O)OCC)C1. The summed E-state index contributed by atoms with van der Waals surface area (Å²) in [5.41, 5.74) is 0. The van der Waals surface area contributed by atoms with E-state index in [1.165, 1.54) is 0 Å². The molecule has 0 radical (unpaired) electrons. The van der Waals surface area contributed by atoms with Crippen LogP contribution in [-0.2, 0) is 9.53 Å². The van der Waals surface area contributed by atoms with Gasteiger partial charge in [0.25, 0.3) is 0 Å². The zero-order chi connectivity index (χ0) is 8.97. The lowest BCUT2D eigenvalue weighted by molar-refractivity contribution is -0.145. The molecule has 68 valence electrons. The molecule has 3 heteroatoms. The Morgan fingerprint density at radius 2 is 2.58 bits per heavy atom. The van der Waals surface area contributed by atoms with Gasteiger partial charge in [-0.1, -0.05) is 6.08 Å². The van der Waals surface area contributed by atoms with E-state index in [1.54, 1.807) is 0 Å². The highest BCUT2D eigenvalue weighted by Gasteiger charge is 2.28. The van der Waals surface area contributed by atoms with Gasteiger partial charge in [-0.25, -0.2) is 0 Å². The number of carbonyl (C=O) groups excluding carboxylic acids is 1. The fraction of sp³-hybridized carbons (Fsp3) is 0.667. The van der Waals surface area contributed by atoms with Crippen LogP contribution in [0.25, 0.3) is 0 Å². The fourth-order valence-corrected chi connectivity index (χ4v) is 1.37. The van der Waals surface area contributed by atoms with Crippen LogP contribution in [0.3, 0.4) is 0 Å². The van der Waals surface area contributed by atoms with E-state index in [9.17, 15) is 4.79 Å². The zero-order valence-electron chi connectivity index (χ0n) is 7.38. The number of nitrogens with one attached hydrogen (secondary N) is 1. The van der Waals surface area contributed by atoms with Gasteiger partial charge in [0.2, 0.25) is 0 Å². The van der Waals surface area contributed by atoms with Crippen LogP contribution in [0.1, 0.15) is 13.3 Å². The second-order valence-corrected chi connectivity index (χ2v) is 2.94. The molecule has 0 saturated carbocycles. The van der Waals surface area contributed by atoms with Crippen LogP contribution in [0.5, 0.6) is 0 Å². The summed E-state index contributed by atoms with van der Waals surface area (Å²) in [6.07, 6.45) is 2.70. The number of rotatable bonds is 3. The Balaban J connectivity index is 2.35. The summed E-state index contributed by atoms with van der Waals surface area (Å²) in [6, 6.07) is -0.118. The summed E-state index contributed by atoms with van der Waals surface area (Å²) in [7, 11) is 0. The summed E-state index contributed by atoms with van der Waals surface area (Å²) in [4.78, 5) is 11.2. The van der Waals surface area contributed by atoms with Gasteiger partial charge in [0.1, 0.15) is 6.04 Å². The van der Waals surface area contributed by atoms with Gasteiger partial charge in [-0.05, 0) is 19.3 Å². The molecule has 1 N–H and O–H groups in total. The Morgan fingerprint density at radius 3 is 3.08 bits per heavy atom. The van der Waals surface area contributed by atoms with Crippen molar-refractivity contribution in [2.24, 2.45) is 5.92 Å². The van der Waals surface area contributed by atoms with Crippen molar-refractivity contribution in [2.45, 2.75) is 19.4 Å². The summed E-state index contributed by atoms with van der Waals surface area (Å²) < 4.78 is 4.88. The molecule has 1 saturated heterocycles. The lowest BCUT2D eigenvalue weighted by Gasteiger charge is -2.07. The Labute approximate surface area is 72.8 Å². The third-order valence-corrected chi connectivity index (χ3v) is 2.07. The first kappa shape index (κ1) is 9.26. The topological polar surface area (TPSA) is 38.3 Å². The molecule has 1 heterocycles. The van der Waals surface area contributed by atoms with Gasteiger partial charge in [0.05, 0.1) is 6.61 Å². The van der Waals surface area contributed by atoms with Gasteiger partial charge in [0.15, 0.2) is 0 Å². The predicted octanol–water partition coefficient (Wildman–Crippen LogP) is 0.714. The van der Waals surface area contributed by atoms with E-state index in [0.29, 0.717) is 12.5 Å². The minimum Gasteiger partial charge on any atom is -0.465 e. The molecule has 0 aromatic rings. The first-order valence-corrected chi connectivity index (χ1v) is 4.30. The van der Waals surface area contributed by atoms with Crippen LogP contribution in [-0.4, -0.2) is 25.2 Å². The average Bonchev–Trinajstić information content (AvgIpc) is 2.52. The third-order valence-electron chi connectivity index (χ3n) is 2.07. The van der Waals surface area contributed by atoms with Gasteiger partial charge in [-0.15, -0.1) is 6.58 Å². The molecule has 3 nitrogen and oxygen atoms in total. The molecule has 12 heavy (non-hydrogen) atoms. The van der Waals surface area contributed by atoms with E-state index in [-0.39, 0.29) is 12.0 Å². The van der Waals surface area contributed by atoms with Crippen molar-refractivity contribution < 1.29 is 9.53 Å². The third kappa shape index (κ3) is 2.08. The van der Waals surface area contributed by atoms with E-state index in [2.05, 4.69) is 11.9 Å². The van der Waals surface area contributed by atoms with Crippen molar-refractivity contribution in [2.75, 3.05) is 13.2 Å². The highest BCUT2D eigenvalue weighted by atomic mass is 16.5. The van der Waals surface area contributed by atoms with Crippen LogP contribution in [0.15, 0.2) is 12.7 Å². The van der Waals surface area contributed by atoms with Crippen LogP contribution < -0.4 is 5.32 Å². The normalized spacial score (nSPS) is 28.4. The molecule has 0 spiro atoms. The molecule has 0 unspecified atom stereocenters. The number of carbonyl (C=O) groups is 1. The number of esters is 1. The first-order valence-electron chi connectivity index (χ1n) is 4.30. The summed E-state index contributed by atoms with van der Waals surface area (Å²) in [6.45, 7) is 6.80. The van der Waals surface area contributed by atoms with Crippen molar-refractivity contribution in [1.82, 2.24) is 5.32 Å². The minimum atomic E-state index is -0.137. The standard InChI is InChI=1S/C9H15NO2/c1-3-7-5-8(10-6-7)9(11)12-4-2/h3,7-8,10H,1,4-6H2,2H3/t7-,8-/m1/s1. The van der Waals surface area contributed by atoms with E-state index in [4.69, 9.17) is 4.74 Å². The Bertz CT molecular complexity index is 179. The molecule has 1 aliphatic heterocycles. The van der Waals surface area contributed by atoms with Crippen LogP contribution >= 0.6 is 0 Å². The van der Waals surface area contributed by atoms with E-state index < -0.39 is 0 Å². The maximum absolute atomic E-state index is 11.2. The van der Waals surface area contributed by atoms with E-state index in [0.717, 1.165) is 13.0 Å². The molecule has 0 aliphatic carbocycles. The molecule has 1 rings (SSSR count). The largest absolute Gasteiger partial charge is 0.465 e. The number of ether oxygens (including phenoxy) is 1. The fourth-order valence-electron chi connectivity index (χ4n) is 1.37. The molecule has 0 amide bonds. The quantitative estimate of drug-likeness (QED) is 0.499. The van der Waals surface area contributed by atoms with Gasteiger partial charge in [-0.2, -0.15) is 0 Å². The average molecular weight is 169 g/mol. The smallest absolute Gasteiger partial charge is 0.323 e. The van der Waals surface area contributed by atoms with Gasteiger partial charge in [0, 0.05) is 6.54 Å². The Kier molecular flexibility index (Phi) is 3.29. The minimum absolute atomic E-state index is 0.118. The first-order chi connectivity index (χ1) is 5.77. The Hall–Kier alpha value is -0.830. The maximum Gasteiger partial charge on any atom is 0.323 e. The van der Waals surface area contributed by atoms with Gasteiger partial charge < -0.3 is 10.1 Å². The second kappa shape index (κ2) is 4.26. The van der Waals surface area contributed by atoms with Crippen molar-refractivity contribution in [3.8, 4) is 0 Å². The van der Waals surface area contributed by atoms with Gasteiger partial charge >= 0.3 is 5.97 Å². The molecule has 0 bridgehead atoms. The maximum atomic E-state index is 11.2. The van der Waals surface area contributed by atoms with Crippen molar-refractivity contribution >= 4 is 5.97 Å². The summed E-state index contributed by atoms with van der Waals surface area (Å²) in [5, 5.41) is 3.10. The lowest BCUT2D eigenvalue weighted by Crippen LogP contribution is -2.32. The molecular formula is C9H15NO2. The highest BCUT2D eigenvalue weighted by Crippen LogP contribution is 2.15. The molecule has 2 atom stereocenters. The Morgan fingerprint density at radius 1 is 1.83 bits per heavy atom. The highest BCUT2D eigenvalue weighted by molar-refractivity contribution is 5.76. The predicted molar refractivity (Wildman–Crippen MR) is 46.7 cm³/mol. The van der Waals surface area contributed by atoms with Crippen molar-refractivity contribution in [1.29, 1.82) is 0 Å². The molecule has 1 fully saturated rings. The molecule has 1 aliphatic rings. The van der Waals surface area contributed by atoms with E-state index in [1.807, 2.05) is 13.0 Å². The summed E-state index contributed by atoms with van der Waals surface area (Å²) in [5.74, 6) is 0.279. The van der Waals surface area contributed by atoms with Crippen molar-refractivity contribution in [3.63, 3.8) is 0 Å². The van der Waals surface area contributed by atoms with Crippen LogP contribution in [0.2, 0.25) is 0 Å². The van der Waals surface area contributed by atoms with Gasteiger partial charge in [-0.3, -0.25) is 4.79 Å². The van der Waals surface area contributed by atoms with Crippen molar-refractivity contribution in [3.05, 3.63) is 12.7 Å². The number of hydrogen-bond donors (Lipinski definition) is 1. The van der Waals surface area contributed by atoms with E-state index >= 15 is 0 Å². The summed E-state index contributed by atoms with van der Waals surface area (Å²) >= 11 is 0. The van der Waals surface area contributed by atoms with Crippen LogP contribution in [0.4, 0.5) is 0 Å². The lowest BCUT2D eigenvalue weighted by atomic mass is 10.1. The van der Waals surface area contributed by atoms with Crippen LogP contribution in [0, 0.1) is 5.92 Å². The molecule has 0 aromatic heterocycles. The molecule has 0 aromatic carbocycles.